The van der Waals surface area contributed by atoms with Crippen molar-refractivity contribution >= 4 is 28.4 Å². The van der Waals surface area contributed by atoms with Crippen molar-refractivity contribution in [1.82, 2.24) is 19.9 Å². The zero-order chi connectivity index (χ0) is 22.9. The van der Waals surface area contributed by atoms with Gasteiger partial charge >= 0.3 is 0 Å². The number of hydrogen-bond donors (Lipinski definition) is 1. The largest absolute Gasteiger partial charge is 0.464 e. The smallest absolute Gasteiger partial charge is 0.222 e. The van der Waals surface area contributed by atoms with Crippen LogP contribution in [0.25, 0.3) is 33.4 Å². The number of nitrogens with zero attached hydrogens (tertiary/aromatic N) is 4. The molecule has 7 heteroatoms. The van der Waals surface area contributed by atoms with Crippen molar-refractivity contribution < 1.29 is 4.42 Å². The molecule has 0 radical (unpaired) electrons. The second-order valence-electron chi connectivity index (χ2n) is 8.05. The quantitative estimate of drug-likeness (QED) is 0.294. The highest BCUT2D eigenvalue weighted by atomic mass is 35.5. The van der Waals surface area contributed by atoms with Gasteiger partial charge in [0, 0.05) is 41.0 Å². The maximum absolute atomic E-state index is 5.82. The van der Waals surface area contributed by atoms with E-state index < -0.39 is 0 Å². The summed E-state index contributed by atoms with van der Waals surface area (Å²) in [6, 6.07) is 16.4. The highest BCUT2D eigenvalue weighted by Crippen LogP contribution is 2.29. The molecule has 0 bridgehead atoms. The van der Waals surface area contributed by atoms with Gasteiger partial charge in [-0.05, 0) is 73.3 Å². The minimum Gasteiger partial charge on any atom is -0.464 e. The minimum absolute atomic E-state index is 0.0268. The number of hydrogen-bond acceptors (Lipinski definition) is 6. The van der Waals surface area contributed by atoms with Gasteiger partial charge in [-0.1, -0.05) is 18.2 Å². The molecule has 164 valence electrons. The Bertz CT molecular complexity index is 1450. The van der Waals surface area contributed by atoms with Gasteiger partial charge in [-0.2, -0.15) is 0 Å². The lowest BCUT2D eigenvalue weighted by atomic mass is 10.0. The number of anilines is 1. The summed E-state index contributed by atoms with van der Waals surface area (Å²) in [6.07, 6.45) is 5.23. The van der Waals surface area contributed by atoms with Crippen LogP contribution >= 0.6 is 11.6 Å². The number of nitrogens with one attached hydrogen (secondary N) is 1. The van der Waals surface area contributed by atoms with Crippen LogP contribution in [0.2, 0.25) is 5.28 Å². The summed E-state index contributed by atoms with van der Waals surface area (Å²) >= 11 is 5.82. The Kier molecular flexibility index (Phi) is 5.52. The van der Waals surface area contributed by atoms with E-state index in [9.17, 15) is 0 Å². The molecular formula is C26H22ClN5O. The van der Waals surface area contributed by atoms with Crippen LogP contribution in [0, 0.1) is 13.8 Å². The standard InChI is InChI=1S/C26H22ClN5O/c1-15-14-33-24-8-7-20(10-22(15)24)23-11-25(32-17(3)31-23)30-16(2)18-5-4-6-19(9-18)21-12-28-26(27)29-13-21/h4-14,16H,1-3H3,(H,30,31,32)/t16-/m0/s1. The Balaban J connectivity index is 1.42. The van der Waals surface area contributed by atoms with E-state index in [1.165, 1.54) is 0 Å². The van der Waals surface area contributed by atoms with E-state index in [-0.39, 0.29) is 11.3 Å². The van der Waals surface area contributed by atoms with E-state index in [1.54, 1.807) is 18.7 Å². The highest BCUT2D eigenvalue weighted by molar-refractivity contribution is 6.28. The van der Waals surface area contributed by atoms with E-state index in [1.807, 2.05) is 44.2 Å². The molecule has 0 aliphatic heterocycles. The Hall–Kier alpha value is -3.77. The van der Waals surface area contributed by atoms with Gasteiger partial charge in [-0.15, -0.1) is 0 Å². The molecule has 1 N–H and O–H groups in total. The molecule has 0 amide bonds. The van der Waals surface area contributed by atoms with Crippen LogP contribution < -0.4 is 5.32 Å². The third-order valence-corrected chi connectivity index (χ3v) is 5.80. The van der Waals surface area contributed by atoms with Gasteiger partial charge in [0.15, 0.2) is 0 Å². The molecule has 5 aromatic rings. The average molecular weight is 456 g/mol. The Morgan fingerprint density at radius 3 is 2.55 bits per heavy atom. The van der Waals surface area contributed by atoms with Crippen LogP contribution in [-0.4, -0.2) is 19.9 Å². The van der Waals surface area contributed by atoms with Crippen LogP contribution in [0.1, 0.15) is 29.9 Å². The molecule has 33 heavy (non-hydrogen) atoms. The molecular weight excluding hydrogens is 434 g/mol. The number of aryl methyl sites for hydroxylation is 2. The second-order valence-corrected chi connectivity index (χ2v) is 8.39. The van der Waals surface area contributed by atoms with Gasteiger partial charge in [0.05, 0.1) is 12.0 Å². The lowest BCUT2D eigenvalue weighted by Gasteiger charge is -2.17. The van der Waals surface area contributed by atoms with Crippen molar-refractivity contribution in [1.29, 1.82) is 0 Å². The first-order valence-corrected chi connectivity index (χ1v) is 11.0. The third kappa shape index (κ3) is 4.43. The second kappa shape index (κ2) is 8.64. The Labute approximate surface area is 196 Å². The molecule has 2 aromatic carbocycles. The maximum Gasteiger partial charge on any atom is 0.222 e. The number of aromatic nitrogens is 4. The van der Waals surface area contributed by atoms with Gasteiger partial charge < -0.3 is 9.73 Å². The van der Waals surface area contributed by atoms with Crippen molar-refractivity contribution in [2.45, 2.75) is 26.8 Å². The molecule has 3 heterocycles. The fourth-order valence-corrected chi connectivity index (χ4v) is 3.96. The summed E-state index contributed by atoms with van der Waals surface area (Å²) in [5.41, 5.74) is 6.94. The molecule has 0 spiro atoms. The fourth-order valence-electron chi connectivity index (χ4n) is 3.86. The summed E-state index contributed by atoms with van der Waals surface area (Å²) in [7, 11) is 0. The number of benzene rings is 2. The first-order valence-electron chi connectivity index (χ1n) is 10.6. The summed E-state index contributed by atoms with van der Waals surface area (Å²) < 4.78 is 5.58. The van der Waals surface area contributed by atoms with Crippen molar-refractivity contribution in [3.05, 3.63) is 89.4 Å². The molecule has 0 fully saturated rings. The summed E-state index contributed by atoms with van der Waals surface area (Å²) in [6.45, 7) is 6.05. The Morgan fingerprint density at radius 2 is 1.73 bits per heavy atom. The molecule has 0 aliphatic rings. The van der Waals surface area contributed by atoms with Gasteiger partial charge in [0.2, 0.25) is 5.28 Å². The predicted molar refractivity (Wildman–Crippen MR) is 131 cm³/mol. The van der Waals surface area contributed by atoms with Crippen LogP contribution in [0.3, 0.4) is 0 Å². The number of fused-ring (bicyclic) bond motifs is 1. The number of halogens is 1. The Morgan fingerprint density at radius 1 is 0.909 bits per heavy atom. The maximum atomic E-state index is 5.82. The fraction of sp³-hybridized carbons (Fsp3) is 0.154. The molecule has 3 aromatic heterocycles. The topological polar surface area (TPSA) is 76.7 Å². The zero-order valence-corrected chi connectivity index (χ0v) is 19.3. The molecule has 5 rings (SSSR count). The lowest BCUT2D eigenvalue weighted by Crippen LogP contribution is -2.09. The highest BCUT2D eigenvalue weighted by Gasteiger charge is 2.12. The van der Waals surface area contributed by atoms with Gasteiger partial charge in [0.25, 0.3) is 0 Å². The van der Waals surface area contributed by atoms with Crippen LogP contribution in [-0.2, 0) is 0 Å². The predicted octanol–water partition coefficient (Wildman–Crippen LogP) is 6.79. The first-order chi connectivity index (χ1) is 16.0. The van der Waals surface area contributed by atoms with Gasteiger partial charge in [0.1, 0.15) is 17.2 Å². The van der Waals surface area contributed by atoms with Crippen LogP contribution in [0.5, 0.6) is 0 Å². The normalized spacial score (nSPS) is 12.1. The first kappa shape index (κ1) is 21.1. The third-order valence-electron chi connectivity index (χ3n) is 5.61. The van der Waals surface area contributed by atoms with Gasteiger partial charge in [-0.25, -0.2) is 19.9 Å². The SMILES string of the molecule is Cc1nc(N[C@@H](C)c2cccc(-c3cnc(Cl)nc3)c2)cc(-c2ccc3occ(C)c3c2)n1. The molecule has 0 aliphatic carbocycles. The number of furan rings is 1. The van der Waals surface area contributed by atoms with E-state index in [0.29, 0.717) is 5.82 Å². The molecule has 1 atom stereocenters. The van der Waals surface area contributed by atoms with E-state index in [0.717, 1.165) is 50.3 Å². The van der Waals surface area contributed by atoms with Crippen molar-refractivity contribution in [3.8, 4) is 22.4 Å². The molecule has 0 unspecified atom stereocenters. The van der Waals surface area contributed by atoms with E-state index in [4.69, 9.17) is 16.0 Å². The monoisotopic (exact) mass is 455 g/mol. The van der Waals surface area contributed by atoms with E-state index >= 15 is 0 Å². The summed E-state index contributed by atoms with van der Waals surface area (Å²) in [5.74, 6) is 1.48. The zero-order valence-electron chi connectivity index (χ0n) is 18.5. The summed E-state index contributed by atoms with van der Waals surface area (Å²) in [5, 5.41) is 4.85. The van der Waals surface area contributed by atoms with Crippen LogP contribution in [0.15, 0.2) is 71.6 Å². The molecule has 0 saturated carbocycles. The number of rotatable bonds is 5. The minimum atomic E-state index is 0.0268. The average Bonchev–Trinajstić information content (AvgIpc) is 3.19. The summed E-state index contributed by atoms with van der Waals surface area (Å²) in [4.78, 5) is 17.4. The van der Waals surface area contributed by atoms with Crippen LogP contribution in [0.4, 0.5) is 5.82 Å². The molecule has 6 nitrogen and oxygen atoms in total. The van der Waals surface area contributed by atoms with Crippen molar-refractivity contribution in [2.75, 3.05) is 5.32 Å². The molecule has 0 saturated heterocycles. The van der Waals surface area contributed by atoms with E-state index in [2.05, 4.69) is 50.4 Å². The van der Waals surface area contributed by atoms with Crippen molar-refractivity contribution in [2.24, 2.45) is 0 Å². The van der Waals surface area contributed by atoms with Crippen molar-refractivity contribution in [3.63, 3.8) is 0 Å². The lowest BCUT2D eigenvalue weighted by molar-refractivity contribution is 0.613. The van der Waals surface area contributed by atoms with Gasteiger partial charge in [-0.3, -0.25) is 0 Å².